The molecule has 0 radical (unpaired) electrons. The van der Waals surface area contributed by atoms with Crippen LogP contribution in [0.1, 0.15) is 33.1 Å². The monoisotopic (exact) mass is 235 g/mol. The standard InChI is InChI=1S/C11H17N5O/c1-3-5-8(4-2)17-11-14-9(12)10-13-6-7-16(10)15-11/h6-8H,3-5H2,1-2H3,(H2,12,14,15). The van der Waals surface area contributed by atoms with E-state index in [9.17, 15) is 0 Å². The summed E-state index contributed by atoms with van der Waals surface area (Å²) in [7, 11) is 0. The van der Waals surface area contributed by atoms with E-state index in [2.05, 4.69) is 28.9 Å². The van der Waals surface area contributed by atoms with E-state index >= 15 is 0 Å². The van der Waals surface area contributed by atoms with E-state index in [0.717, 1.165) is 19.3 Å². The molecule has 2 N–H and O–H groups in total. The highest BCUT2D eigenvalue weighted by Crippen LogP contribution is 2.15. The second-order valence-corrected chi connectivity index (χ2v) is 3.91. The number of anilines is 1. The maximum atomic E-state index is 5.78. The van der Waals surface area contributed by atoms with Gasteiger partial charge in [0, 0.05) is 12.4 Å². The molecule has 6 heteroatoms. The van der Waals surface area contributed by atoms with Crippen molar-refractivity contribution in [1.29, 1.82) is 0 Å². The van der Waals surface area contributed by atoms with Crippen LogP contribution in [0.25, 0.3) is 5.65 Å². The Hall–Kier alpha value is -1.85. The molecule has 0 saturated heterocycles. The molecule has 0 saturated carbocycles. The first-order valence-electron chi connectivity index (χ1n) is 5.88. The van der Waals surface area contributed by atoms with Crippen molar-refractivity contribution in [2.45, 2.75) is 39.2 Å². The number of imidazole rings is 1. The van der Waals surface area contributed by atoms with Crippen LogP contribution in [-0.2, 0) is 0 Å². The molecule has 1 atom stereocenters. The maximum absolute atomic E-state index is 5.78. The second kappa shape index (κ2) is 4.99. The normalized spacial score (nSPS) is 12.8. The van der Waals surface area contributed by atoms with E-state index in [1.54, 1.807) is 16.9 Å². The molecule has 0 spiro atoms. The molecular weight excluding hydrogens is 218 g/mol. The summed E-state index contributed by atoms with van der Waals surface area (Å²) < 4.78 is 7.29. The fourth-order valence-electron chi connectivity index (χ4n) is 1.70. The van der Waals surface area contributed by atoms with E-state index in [4.69, 9.17) is 10.5 Å². The highest BCUT2D eigenvalue weighted by molar-refractivity contribution is 5.58. The van der Waals surface area contributed by atoms with Gasteiger partial charge in [0.25, 0.3) is 0 Å². The van der Waals surface area contributed by atoms with Gasteiger partial charge < -0.3 is 10.5 Å². The minimum atomic E-state index is 0.139. The Bertz CT molecular complexity index is 496. The summed E-state index contributed by atoms with van der Waals surface area (Å²) in [5.74, 6) is 0.339. The van der Waals surface area contributed by atoms with Gasteiger partial charge in [-0.25, -0.2) is 9.50 Å². The number of hydrogen-bond acceptors (Lipinski definition) is 5. The lowest BCUT2D eigenvalue weighted by Gasteiger charge is -2.15. The maximum Gasteiger partial charge on any atom is 0.336 e. The topological polar surface area (TPSA) is 78.3 Å². The average molecular weight is 235 g/mol. The van der Waals surface area contributed by atoms with Gasteiger partial charge in [-0.3, -0.25) is 0 Å². The molecule has 2 aromatic heterocycles. The van der Waals surface area contributed by atoms with Crippen molar-refractivity contribution in [3.63, 3.8) is 0 Å². The number of nitrogens with two attached hydrogens (primary N) is 1. The van der Waals surface area contributed by atoms with Gasteiger partial charge in [0.2, 0.25) is 0 Å². The van der Waals surface area contributed by atoms with Crippen LogP contribution in [0.5, 0.6) is 6.01 Å². The van der Waals surface area contributed by atoms with E-state index < -0.39 is 0 Å². The van der Waals surface area contributed by atoms with Crippen LogP contribution < -0.4 is 10.5 Å². The van der Waals surface area contributed by atoms with Crippen LogP contribution in [0.4, 0.5) is 5.82 Å². The molecule has 17 heavy (non-hydrogen) atoms. The zero-order chi connectivity index (χ0) is 12.3. The SMILES string of the molecule is CCCC(CC)Oc1nc(N)c2nccn2n1. The second-order valence-electron chi connectivity index (χ2n) is 3.91. The average Bonchev–Trinajstić information content (AvgIpc) is 2.77. The lowest BCUT2D eigenvalue weighted by molar-refractivity contribution is 0.167. The largest absolute Gasteiger partial charge is 0.459 e. The number of ether oxygens (including phenoxy) is 1. The molecule has 1 unspecified atom stereocenters. The predicted molar refractivity (Wildman–Crippen MR) is 64.8 cm³/mol. The lowest BCUT2D eigenvalue weighted by Crippen LogP contribution is -2.17. The molecule has 2 aromatic rings. The first-order valence-corrected chi connectivity index (χ1v) is 5.88. The van der Waals surface area contributed by atoms with Gasteiger partial charge in [0.15, 0.2) is 11.5 Å². The summed E-state index contributed by atoms with van der Waals surface area (Å²) in [5, 5.41) is 4.21. The van der Waals surface area contributed by atoms with Crippen LogP contribution in [0.3, 0.4) is 0 Å². The summed E-state index contributed by atoms with van der Waals surface area (Å²) in [6.45, 7) is 4.21. The smallest absolute Gasteiger partial charge is 0.336 e. The minimum Gasteiger partial charge on any atom is -0.459 e. The van der Waals surface area contributed by atoms with Crippen molar-refractivity contribution in [3.05, 3.63) is 12.4 Å². The van der Waals surface area contributed by atoms with Gasteiger partial charge in [-0.05, 0) is 12.8 Å². The highest BCUT2D eigenvalue weighted by atomic mass is 16.5. The summed E-state index contributed by atoms with van der Waals surface area (Å²) >= 11 is 0. The zero-order valence-corrected chi connectivity index (χ0v) is 10.1. The molecular formula is C11H17N5O. The van der Waals surface area contributed by atoms with E-state index in [1.165, 1.54) is 0 Å². The Morgan fingerprint density at radius 1 is 1.47 bits per heavy atom. The lowest BCUT2D eigenvalue weighted by atomic mass is 10.2. The fourth-order valence-corrected chi connectivity index (χ4v) is 1.70. The Morgan fingerprint density at radius 2 is 2.29 bits per heavy atom. The van der Waals surface area contributed by atoms with Crippen molar-refractivity contribution in [1.82, 2.24) is 19.6 Å². The van der Waals surface area contributed by atoms with Crippen molar-refractivity contribution in [3.8, 4) is 6.01 Å². The first-order chi connectivity index (χ1) is 8.24. The Morgan fingerprint density at radius 3 is 3.00 bits per heavy atom. The molecule has 0 amide bonds. The fraction of sp³-hybridized carbons (Fsp3) is 0.545. The van der Waals surface area contributed by atoms with Crippen molar-refractivity contribution < 1.29 is 4.74 Å². The van der Waals surface area contributed by atoms with Crippen molar-refractivity contribution in [2.75, 3.05) is 5.73 Å². The van der Waals surface area contributed by atoms with Crippen molar-refractivity contribution in [2.24, 2.45) is 0 Å². The number of nitrogen functional groups attached to an aromatic ring is 1. The summed E-state index contributed by atoms with van der Waals surface area (Å²) in [6.07, 6.45) is 6.48. The van der Waals surface area contributed by atoms with Crippen LogP contribution in [0.15, 0.2) is 12.4 Å². The summed E-state index contributed by atoms with van der Waals surface area (Å²) in [4.78, 5) is 8.16. The summed E-state index contributed by atoms with van der Waals surface area (Å²) in [5.41, 5.74) is 6.33. The molecule has 6 nitrogen and oxygen atoms in total. The molecule has 0 bridgehead atoms. The number of hydrogen-bond donors (Lipinski definition) is 1. The Kier molecular flexibility index (Phi) is 3.41. The molecule has 0 aliphatic carbocycles. The van der Waals surface area contributed by atoms with Gasteiger partial charge in [0.1, 0.15) is 6.10 Å². The van der Waals surface area contributed by atoms with Crippen molar-refractivity contribution >= 4 is 11.5 Å². The van der Waals surface area contributed by atoms with Gasteiger partial charge in [-0.15, -0.1) is 5.10 Å². The molecule has 0 fully saturated rings. The summed E-state index contributed by atoms with van der Waals surface area (Å²) in [6, 6.07) is 0.313. The van der Waals surface area contributed by atoms with E-state index in [-0.39, 0.29) is 6.10 Å². The minimum absolute atomic E-state index is 0.139. The third kappa shape index (κ3) is 2.46. The molecule has 92 valence electrons. The van der Waals surface area contributed by atoms with Gasteiger partial charge in [-0.1, -0.05) is 20.3 Å². The predicted octanol–water partition coefficient (Wildman–Crippen LogP) is 1.66. The van der Waals surface area contributed by atoms with Crippen LogP contribution >= 0.6 is 0 Å². The Labute approximate surface area is 99.8 Å². The molecule has 0 aromatic carbocycles. The number of nitrogens with zero attached hydrogens (tertiary/aromatic N) is 4. The molecule has 0 aliphatic rings. The van der Waals surface area contributed by atoms with Gasteiger partial charge in [-0.2, -0.15) is 4.98 Å². The number of aromatic nitrogens is 4. The first kappa shape index (κ1) is 11.6. The van der Waals surface area contributed by atoms with E-state index in [0.29, 0.717) is 17.5 Å². The quantitative estimate of drug-likeness (QED) is 0.852. The number of fused-ring (bicyclic) bond motifs is 1. The third-order valence-electron chi connectivity index (χ3n) is 2.60. The molecule has 2 rings (SSSR count). The van der Waals surface area contributed by atoms with Crippen LogP contribution in [0, 0.1) is 0 Å². The van der Waals surface area contributed by atoms with E-state index in [1.807, 2.05) is 0 Å². The Balaban J connectivity index is 2.23. The molecule has 0 aliphatic heterocycles. The third-order valence-corrected chi connectivity index (χ3v) is 2.60. The van der Waals surface area contributed by atoms with Gasteiger partial charge in [0.05, 0.1) is 0 Å². The molecule has 2 heterocycles. The zero-order valence-electron chi connectivity index (χ0n) is 10.1. The van der Waals surface area contributed by atoms with Gasteiger partial charge >= 0.3 is 6.01 Å². The highest BCUT2D eigenvalue weighted by Gasteiger charge is 2.12. The number of rotatable bonds is 5. The van der Waals surface area contributed by atoms with Crippen LogP contribution in [0.2, 0.25) is 0 Å². The van der Waals surface area contributed by atoms with Crippen LogP contribution in [-0.4, -0.2) is 25.7 Å².